The van der Waals surface area contributed by atoms with Crippen molar-refractivity contribution in [2.75, 3.05) is 4.90 Å². The molecule has 24 heavy (non-hydrogen) atoms. The molecule has 1 heterocycles. The summed E-state index contributed by atoms with van der Waals surface area (Å²) in [5.41, 5.74) is 1.04. The first-order chi connectivity index (χ1) is 11.4. The van der Waals surface area contributed by atoms with Crippen LogP contribution in [-0.4, -0.2) is 23.1 Å². The lowest BCUT2D eigenvalue weighted by Crippen LogP contribution is -2.44. The fraction of sp³-hybridized carbons (Fsp3) is 0.176. The molecular formula is C17H13Cl2NO4. The van der Waals surface area contributed by atoms with Crippen molar-refractivity contribution in [3.8, 4) is 5.75 Å². The fourth-order valence-electron chi connectivity index (χ4n) is 2.54. The summed E-state index contributed by atoms with van der Waals surface area (Å²) in [7, 11) is 0. The van der Waals surface area contributed by atoms with Gasteiger partial charge in [-0.2, -0.15) is 0 Å². The second-order valence-corrected chi connectivity index (χ2v) is 6.19. The van der Waals surface area contributed by atoms with Crippen LogP contribution in [0.4, 0.5) is 5.69 Å². The standard InChI is InChI=1S/C17H13Cl2NO4/c1-9-16(21)20(8-11-12(18)3-2-4-13(11)19)14-7-10(17(22)23)5-6-15(14)24-9/h2-7,9H,8H2,1H3,(H,22,23). The van der Waals surface area contributed by atoms with E-state index in [-0.39, 0.29) is 18.0 Å². The van der Waals surface area contributed by atoms with Gasteiger partial charge in [0, 0.05) is 15.6 Å². The van der Waals surface area contributed by atoms with Crippen LogP contribution in [0.2, 0.25) is 10.0 Å². The maximum Gasteiger partial charge on any atom is 0.335 e. The topological polar surface area (TPSA) is 66.8 Å². The first-order valence-corrected chi connectivity index (χ1v) is 7.92. The quantitative estimate of drug-likeness (QED) is 0.892. The summed E-state index contributed by atoms with van der Waals surface area (Å²) in [5.74, 6) is -0.934. The maximum atomic E-state index is 12.6. The highest BCUT2D eigenvalue weighted by Gasteiger charge is 2.32. The molecular weight excluding hydrogens is 353 g/mol. The fourth-order valence-corrected chi connectivity index (χ4v) is 3.06. The number of rotatable bonds is 3. The zero-order valence-corrected chi connectivity index (χ0v) is 14.1. The molecule has 7 heteroatoms. The van der Waals surface area contributed by atoms with Crippen LogP contribution in [0.15, 0.2) is 36.4 Å². The van der Waals surface area contributed by atoms with Gasteiger partial charge in [0.1, 0.15) is 5.75 Å². The van der Waals surface area contributed by atoms with E-state index >= 15 is 0 Å². The van der Waals surface area contributed by atoms with E-state index in [1.54, 1.807) is 31.2 Å². The Hall–Kier alpha value is -2.24. The van der Waals surface area contributed by atoms with Crippen molar-refractivity contribution in [1.82, 2.24) is 0 Å². The third kappa shape index (κ3) is 2.92. The number of hydrogen-bond acceptors (Lipinski definition) is 3. The van der Waals surface area contributed by atoms with Gasteiger partial charge in [-0.1, -0.05) is 29.3 Å². The predicted octanol–water partition coefficient (Wildman–Crippen LogP) is 4.01. The number of anilines is 1. The number of aromatic carboxylic acids is 1. The van der Waals surface area contributed by atoms with Crippen molar-refractivity contribution in [2.45, 2.75) is 19.6 Å². The van der Waals surface area contributed by atoms with Crippen molar-refractivity contribution >= 4 is 40.8 Å². The number of carbonyl (C=O) groups excluding carboxylic acids is 1. The number of nitrogens with zero attached hydrogens (tertiary/aromatic N) is 1. The summed E-state index contributed by atoms with van der Waals surface area (Å²) in [6.45, 7) is 1.76. The Balaban J connectivity index is 2.08. The first-order valence-electron chi connectivity index (χ1n) is 7.16. The molecule has 5 nitrogen and oxygen atoms in total. The predicted molar refractivity (Wildman–Crippen MR) is 91.1 cm³/mol. The SMILES string of the molecule is CC1Oc2ccc(C(=O)O)cc2N(Cc2c(Cl)cccc2Cl)C1=O. The Morgan fingerprint density at radius 3 is 2.54 bits per heavy atom. The Morgan fingerprint density at radius 1 is 1.25 bits per heavy atom. The second-order valence-electron chi connectivity index (χ2n) is 5.37. The number of benzene rings is 2. The van der Waals surface area contributed by atoms with Gasteiger partial charge in [0.2, 0.25) is 0 Å². The summed E-state index contributed by atoms with van der Waals surface area (Å²) in [4.78, 5) is 25.2. The van der Waals surface area contributed by atoms with Crippen molar-refractivity contribution in [3.63, 3.8) is 0 Å². The molecule has 0 saturated heterocycles. The van der Waals surface area contributed by atoms with Gasteiger partial charge in [-0.25, -0.2) is 4.79 Å². The number of fused-ring (bicyclic) bond motifs is 1. The molecule has 2 aromatic carbocycles. The van der Waals surface area contributed by atoms with Gasteiger partial charge in [0.25, 0.3) is 5.91 Å². The normalized spacial score (nSPS) is 16.5. The number of hydrogen-bond donors (Lipinski definition) is 1. The molecule has 2 aromatic rings. The molecule has 124 valence electrons. The highest BCUT2D eigenvalue weighted by Crippen LogP contribution is 2.37. The molecule has 0 spiro atoms. The third-order valence-corrected chi connectivity index (χ3v) is 4.50. The van der Waals surface area contributed by atoms with Crippen LogP contribution in [0.3, 0.4) is 0 Å². The van der Waals surface area contributed by atoms with Crippen LogP contribution >= 0.6 is 23.2 Å². The molecule has 0 fully saturated rings. The Morgan fingerprint density at radius 2 is 1.92 bits per heavy atom. The van der Waals surface area contributed by atoms with Gasteiger partial charge in [0.05, 0.1) is 17.8 Å². The summed E-state index contributed by atoms with van der Waals surface area (Å²) in [5, 5.41) is 10.1. The summed E-state index contributed by atoms with van der Waals surface area (Å²) in [6, 6.07) is 9.48. The van der Waals surface area contributed by atoms with Crippen LogP contribution in [0.25, 0.3) is 0 Å². The first kappa shape index (κ1) is 16.6. The number of amides is 1. The lowest BCUT2D eigenvalue weighted by molar-refractivity contribution is -0.125. The third-order valence-electron chi connectivity index (χ3n) is 3.79. The molecule has 1 unspecified atom stereocenters. The van der Waals surface area contributed by atoms with E-state index in [1.807, 2.05) is 0 Å². The Bertz CT molecular complexity index is 817. The van der Waals surface area contributed by atoms with E-state index in [0.717, 1.165) is 0 Å². The van der Waals surface area contributed by atoms with Crippen molar-refractivity contribution in [3.05, 3.63) is 57.6 Å². The Labute approximate surface area is 148 Å². The van der Waals surface area contributed by atoms with Crippen LogP contribution in [0.5, 0.6) is 5.75 Å². The molecule has 1 aliphatic heterocycles. The van der Waals surface area contributed by atoms with Gasteiger partial charge in [0.15, 0.2) is 6.10 Å². The zero-order valence-electron chi connectivity index (χ0n) is 12.6. The lowest BCUT2D eigenvalue weighted by atomic mass is 10.1. The van der Waals surface area contributed by atoms with E-state index in [4.69, 9.17) is 27.9 Å². The smallest absolute Gasteiger partial charge is 0.335 e. The average Bonchev–Trinajstić information content (AvgIpc) is 2.54. The largest absolute Gasteiger partial charge is 0.479 e. The summed E-state index contributed by atoms with van der Waals surface area (Å²) < 4.78 is 5.56. The minimum Gasteiger partial charge on any atom is -0.479 e. The van der Waals surface area contributed by atoms with E-state index in [2.05, 4.69) is 0 Å². The molecule has 0 bridgehead atoms. The van der Waals surface area contributed by atoms with Crippen molar-refractivity contribution in [1.29, 1.82) is 0 Å². The zero-order chi connectivity index (χ0) is 17.4. The molecule has 1 amide bonds. The number of ether oxygens (including phenoxy) is 1. The van der Waals surface area contributed by atoms with Gasteiger partial charge >= 0.3 is 5.97 Å². The monoisotopic (exact) mass is 365 g/mol. The molecule has 0 aromatic heterocycles. The van der Waals surface area contributed by atoms with E-state index in [1.165, 1.54) is 17.0 Å². The van der Waals surface area contributed by atoms with Crippen molar-refractivity contribution in [2.24, 2.45) is 0 Å². The second kappa shape index (κ2) is 6.34. The maximum absolute atomic E-state index is 12.6. The highest BCUT2D eigenvalue weighted by atomic mass is 35.5. The number of carbonyl (C=O) groups is 2. The molecule has 3 rings (SSSR count). The number of halogens is 2. The van der Waals surface area contributed by atoms with Gasteiger partial charge < -0.3 is 14.7 Å². The molecule has 0 aliphatic carbocycles. The van der Waals surface area contributed by atoms with Crippen LogP contribution < -0.4 is 9.64 Å². The highest BCUT2D eigenvalue weighted by molar-refractivity contribution is 6.36. The van der Waals surface area contributed by atoms with Crippen molar-refractivity contribution < 1.29 is 19.4 Å². The van der Waals surface area contributed by atoms with Gasteiger partial charge in [-0.15, -0.1) is 0 Å². The van der Waals surface area contributed by atoms with E-state index < -0.39 is 12.1 Å². The van der Waals surface area contributed by atoms with Crippen LogP contribution in [0, 0.1) is 0 Å². The minimum absolute atomic E-state index is 0.0648. The Kier molecular flexibility index (Phi) is 4.39. The summed E-state index contributed by atoms with van der Waals surface area (Å²) >= 11 is 12.4. The van der Waals surface area contributed by atoms with E-state index in [0.29, 0.717) is 27.0 Å². The average molecular weight is 366 g/mol. The molecule has 1 atom stereocenters. The number of carboxylic acid groups (broad SMARTS) is 1. The molecule has 1 aliphatic rings. The molecule has 1 N–H and O–H groups in total. The van der Waals surface area contributed by atoms with E-state index in [9.17, 15) is 14.7 Å². The van der Waals surface area contributed by atoms with Crippen LogP contribution in [0.1, 0.15) is 22.8 Å². The van der Waals surface area contributed by atoms with Gasteiger partial charge in [-0.3, -0.25) is 4.79 Å². The molecule has 0 saturated carbocycles. The summed E-state index contributed by atoms with van der Waals surface area (Å²) in [6.07, 6.45) is -0.686. The number of carboxylic acids is 1. The molecule has 0 radical (unpaired) electrons. The lowest BCUT2D eigenvalue weighted by Gasteiger charge is -2.33. The minimum atomic E-state index is -1.08. The van der Waals surface area contributed by atoms with Gasteiger partial charge in [-0.05, 0) is 37.3 Å². The van der Waals surface area contributed by atoms with Crippen LogP contribution in [-0.2, 0) is 11.3 Å².